The van der Waals surface area contributed by atoms with E-state index < -0.39 is 0 Å². The molecule has 1 aliphatic carbocycles. The van der Waals surface area contributed by atoms with Gasteiger partial charge in [0.05, 0.1) is 20.3 Å². The van der Waals surface area contributed by atoms with Crippen LogP contribution in [0.5, 0.6) is 5.75 Å². The van der Waals surface area contributed by atoms with Crippen molar-refractivity contribution >= 4 is 0 Å². The van der Waals surface area contributed by atoms with Crippen LogP contribution >= 0.6 is 0 Å². The molecule has 1 aliphatic rings. The van der Waals surface area contributed by atoms with Gasteiger partial charge in [-0.3, -0.25) is 0 Å². The van der Waals surface area contributed by atoms with Gasteiger partial charge in [0, 0.05) is 12.6 Å². The van der Waals surface area contributed by atoms with E-state index >= 15 is 0 Å². The molecule has 0 atom stereocenters. The Hall–Kier alpha value is -1.06. The topological polar surface area (TPSA) is 30.5 Å². The van der Waals surface area contributed by atoms with Crippen molar-refractivity contribution in [1.29, 1.82) is 0 Å². The molecule has 2 rings (SSSR count). The van der Waals surface area contributed by atoms with Crippen LogP contribution in [0.1, 0.15) is 18.4 Å². The van der Waals surface area contributed by atoms with Crippen molar-refractivity contribution in [3.05, 3.63) is 29.8 Å². The largest absolute Gasteiger partial charge is 0.497 e. The minimum absolute atomic E-state index is 0.677. The van der Waals surface area contributed by atoms with E-state index in [1.165, 1.54) is 18.4 Å². The Morgan fingerprint density at radius 3 is 2.62 bits per heavy atom. The third-order valence-electron chi connectivity index (χ3n) is 2.68. The van der Waals surface area contributed by atoms with Crippen LogP contribution in [-0.4, -0.2) is 26.3 Å². The van der Waals surface area contributed by atoms with Gasteiger partial charge in [0.1, 0.15) is 5.75 Å². The fourth-order valence-corrected chi connectivity index (χ4v) is 1.53. The summed E-state index contributed by atoms with van der Waals surface area (Å²) in [5.41, 5.74) is 1.19. The van der Waals surface area contributed by atoms with Gasteiger partial charge >= 0.3 is 0 Å². The number of methoxy groups -OCH3 is 1. The van der Waals surface area contributed by atoms with Gasteiger partial charge in [0.2, 0.25) is 0 Å². The average Bonchev–Trinajstić information content (AvgIpc) is 3.13. The second-order valence-corrected chi connectivity index (χ2v) is 4.13. The first kappa shape index (κ1) is 11.4. The molecule has 1 saturated carbocycles. The Morgan fingerprint density at radius 1 is 1.25 bits per heavy atom. The molecule has 0 aliphatic heterocycles. The molecule has 0 saturated heterocycles. The lowest BCUT2D eigenvalue weighted by molar-refractivity contribution is 0.122. The quantitative estimate of drug-likeness (QED) is 0.714. The van der Waals surface area contributed by atoms with Crippen LogP contribution in [0.4, 0.5) is 0 Å². The van der Waals surface area contributed by atoms with Crippen LogP contribution in [0.25, 0.3) is 0 Å². The molecule has 1 fully saturated rings. The van der Waals surface area contributed by atoms with Crippen molar-refractivity contribution in [2.45, 2.75) is 25.5 Å². The zero-order valence-electron chi connectivity index (χ0n) is 9.74. The van der Waals surface area contributed by atoms with Crippen LogP contribution in [-0.2, 0) is 11.3 Å². The van der Waals surface area contributed by atoms with E-state index in [1.54, 1.807) is 7.11 Å². The summed E-state index contributed by atoms with van der Waals surface area (Å²) in [5, 5.41) is 3.42. The van der Waals surface area contributed by atoms with Gasteiger partial charge < -0.3 is 14.8 Å². The predicted molar refractivity (Wildman–Crippen MR) is 63.7 cm³/mol. The van der Waals surface area contributed by atoms with Crippen molar-refractivity contribution in [3.63, 3.8) is 0 Å². The molecule has 0 amide bonds. The van der Waals surface area contributed by atoms with Gasteiger partial charge in [0.25, 0.3) is 0 Å². The number of benzene rings is 1. The molecule has 1 N–H and O–H groups in total. The number of rotatable bonds is 7. The molecule has 1 aromatic rings. The van der Waals surface area contributed by atoms with E-state index in [1.807, 2.05) is 24.3 Å². The summed E-state index contributed by atoms with van der Waals surface area (Å²) >= 11 is 0. The van der Waals surface area contributed by atoms with E-state index in [0.29, 0.717) is 6.61 Å². The zero-order valence-corrected chi connectivity index (χ0v) is 9.74. The highest BCUT2D eigenvalue weighted by molar-refractivity contribution is 5.26. The molecule has 3 nitrogen and oxygen atoms in total. The lowest BCUT2D eigenvalue weighted by Gasteiger charge is -2.06. The van der Waals surface area contributed by atoms with Crippen LogP contribution < -0.4 is 10.1 Å². The molecular formula is C13H19NO2. The van der Waals surface area contributed by atoms with Gasteiger partial charge in [-0.25, -0.2) is 0 Å². The minimum atomic E-state index is 0.677. The van der Waals surface area contributed by atoms with Crippen LogP contribution in [0, 0.1) is 0 Å². The normalized spacial score (nSPS) is 15.1. The molecule has 16 heavy (non-hydrogen) atoms. The van der Waals surface area contributed by atoms with Gasteiger partial charge in [0.15, 0.2) is 0 Å². The molecule has 0 radical (unpaired) electrons. The molecule has 88 valence electrons. The Balaban J connectivity index is 1.60. The Morgan fingerprint density at radius 2 is 2.00 bits per heavy atom. The van der Waals surface area contributed by atoms with Crippen molar-refractivity contribution in [2.24, 2.45) is 0 Å². The molecular weight excluding hydrogens is 202 g/mol. The Kier molecular flexibility index (Phi) is 4.19. The molecule has 3 heteroatoms. The van der Waals surface area contributed by atoms with E-state index in [2.05, 4.69) is 5.32 Å². The average molecular weight is 221 g/mol. The number of hydrogen-bond acceptors (Lipinski definition) is 3. The van der Waals surface area contributed by atoms with Crippen molar-refractivity contribution in [1.82, 2.24) is 5.32 Å². The second kappa shape index (κ2) is 5.87. The first-order chi connectivity index (χ1) is 7.88. The van der Waals surface area contributed by atoms with Crippen LogP contribution in [0.2, 0.25) is 0 Å². The number of nitrogens with one attached hydrogen (secondary N) is 1. The summed E-state index contributed by atoms with van der Waals surface area (Å²) in [7, 11) is 1.68. The highest BCUT2D eigenvalue weighted by Gasteiger charge is 2.19. The number of ether oxygens (including phenoxy) is 2. The van der Waals surface area contributed by atoms with E-state index in [4.69, 9.17) is 9.47 Å². The number of hydrogen-bond donors (Lipinski definition) is 1. The maximum atomic E-state index is 5.57. The zero-order chi connectivity index (χ0) is 11.2. The Bertz CT molecular complexity index is 306. The summed E-state index contributed by atoms with van der Waals surface area (Å²) in [6, 6.07) is 8.76. The van der Waals surface area contributed by atoms with Gasteiger partial charge in [-0.2, -0.15) is 0 Å². The van der Waals surface area contributed by atoms with Crippen molar-refractivity contribution in [2.75, 3.05) is 20.3 Å². The van der Waals surface area contributed by atoms with Gasteiger partial charge in [-0.05, 0) is 30.5 Å². The standard InChI is InChI=1S/C13H19NO2/c1-15-13-6-2-11(3-7-13)10-16-9-8-14-12-4-5-12/h2-3,6-7,12,14H,4-5,8-10H2,1H3. The molecule has 1 aromatic carbocycles. The lowest BCUT2D eigenvalue weighted by Crippen LogP contribution is -2.21. The lowest BCUT2D eigenvalue weighted by atomic mass is 10.2. The Labute approximate surface area is 96.8 Å². The maximum absolute atomic E-state index is 5.57. The summed E-state index contributed by atoms with van der Waals surface area (Å²) in [5.74, 6) is 0.888. The highest BCUT2D eigenvalue weighted by Crippen LogP contribution is 2.18. The molecule has 0 bridgehead atoms. The van der Waals surface area contributed by atoms with E-state index in [0.717, 1.165) is 24.9 Å². The van der Waals surface area contributed by atoms with Crippen LogP contribution in [0.15, 0.2) is 24.3 Å². The fraction of sp³-hybridized carbons (Fsp3) is 0.538. The highest BCUT2D eigenvalue weighted by atomic mass is 16.5. The molecule has 0 spiro atoms. The summed E-state index contributed by atoms with van der Waals surface area (Å²) in [6.45, 7) is 2.42. The van der Waals surface area contributed by atoms with Gasteiger partial charge in [-0.1, -0.05) is 12.1 Å². The van der Waals surface area contributed by atoms with Crippen molar-refractivity contribution in [3.8, 4) is 5.75 Å². The predicted octanol–water partition coefficient (Wildman–Crippen LogP) is 1.96. The SMILES string of the molecule is COc1ccc(COCCNC2CC2)cc1. The molecule has 0 aromatic heterocycles. The molecule has 0 unspecified atom stereocenters. The van der Waals surface area contributed by atoms with E-state index in [9.17, 15) is 0 Å². The monoisotopic (exact) mass is 221 g/mol. The first-order valence-electron chi connectivity index (χ1n) is 5.82. The smallest absolute Gasteiger partial charge is 0.118 e. The fourth-order valence-electron chi connectivity index (χ4n) is 1.53. The molecule has 0 heterocycles. The van der Waals surface area contributed by atoms with Crippen molar-refractivity contribution < 1.29 is 9.47 Å². The maximum Gasteiger partial charge on any atom is 0.118 e. The van der Waals surface area contributed by atoms with Gasteiger partial charge in [-0.15, -0.1) is 0 Å². The van der Waals surface area contributed by atoms with E-state index in [-0.39, 0.29) is 0 Å². The van der Waals surface area contributed by atoms with Crippen LogP contribution in [0.3, 0.4) is 0 Å². The summed E-state index contributed by atoms with van der Waals surface area (Å²) in [4.78, 5) is 0. The summed E-state index contributed by atoms with van der Waals surface area (Å²) in [6.07, 6.45) is 2.66. The summed E-state index contributed by atoms with van der Waals surface area (Å²) < 4.78 is 10.7. The second-order valence-electron chi connectivity index (χ2n) is 4.13. The third kappa shape index (κ3) is 3.83. The third-order valence-corrected chi connectivity index (χ3v) is 2.68. The first-order valence-corrected chi connectivity index (χ1v) is 5.82. The minimum Gasteiger partial charge on any atom is -0.497 e.